The minimum Gasteiger partial charge on any atom is -0.362 e. The number of hydrazone groups is 1. The molecule has 1 aromatic heterocycles. The molecule has 3 aromatic rings. The molecule has 2 aromatic carbocycles. The van der Waals surface area contributed by atoms with Crippen molar-refractivity contribution in [1.82, 2.24) is 15.3 Å². The Labute approximate surface area is 165 Å². The highest BCUT2D eigenvalue weighted by molar-refractivity contribution is 7.80. The van der Waals surface area contributed by atoms with E-state index in [1.807, 2.05) is 13.0 Å². The van der Waals surface area contributed by atoms with Crippen LogP contribution in [0.15, 0.2) is 65.8 Å². The van der Waals surface area contributed by atoms with E-state index in [0.29, 0.717) is 5.11 Å². The van der Waals surface area contributed by atoms with E-state index in [9.17, 15) is 0 Å². The normalized spacial score (nSPS) is 10.9. The predicted octanol–water partition coefficient (Wildman–Crippen LogP) is 4.58. The Kier molecular flexibility index (Phi) is 6.04. The second kappa shape index (κ2) is 8.64. The van der Waals surface area contributed by atoms with Crippen LogP contribution in [0.2, 0.25) is 0 Å². The molecule has 0 saturated heterocycles. The third-order valence-corrected chi connectivity index (χ3v) is 4.65. The first-order valence-electron chi connectivity index (χ1n) is 9.02. The minimum atomic E-state index is 0.527. The molecule has 0 radical (unpaired) electrons. The number of rotatable bonds is 5. The number of nitrogens with one attached hydrogen (secondary N) is 2. The molecular formula is C22H24N4S. The fraction of sp³-hybridized carbons (Fsp3) is 0.182. The Morgan fingerprint density at radius 3 is 2.37 bits per heavy atom. The van der Waals surface area contributed by atoms with Gasteiger partial charge in [-0.1, -0.05) is 42.5 Å². The summed E-state index contributed by atoms with van der Waals surface area (Å²) in [5.41, 5.74) is 9.77. The van der Waals surface area contributed by atoms with E-state index < -0.39 is 0 Å². The highest BCUT2D eigenvalue weighted by Crippen LogP contribution is 2.24. The summed E-state index contributed by atoms with van der Waals surface area (Å²) in [6.07, 6.45) is 1.81. The lowest BCUT2D eigenvalue weighted by atomic mass is 10.1. The van der Waals surface area contributed by atoms with Crippen LogP contribution in [0.1, 0.15) is 23.9 Å². The molecule has 0 unspecified atom stereocenters. The van der Waals surface area contributed by atoms with E-state index in [2.05, 4.69) is 88.9 Å². The molecule has 0 atom stereocenters. The fourth-order valence-electron chi connectivity index (χ4n) is 3.11. The van der Waals surface area contributed by atoms with Gasteiger partial charge >= 0.3 is 0 Å². The summed E-state index contributed by atoms with van der Waals surface area (Å²) in [5.74, 6) is 0. The first kappa shape index (κ1) is 18.9. The Bertz CT molecular complexity index is 940. The molecular weight excluding hydrogens is 352 g/mol. The Hall–Kier alpha value is -2.92. The van der Waals surface area contributed by atoms with Gasteiger partial charge < -0.3 is 9.88 Å². The van der Waals surface area contributed by atoms with Crippen LogP contribution in [-0.4, -0.2) is 22.4 Å². The zero-order valence-electron chi connectivity index (χ0n) is 15.9. The number of aromatic nitrogens is 1. The van der Waals surface area contributed by atoms with Gasteiger partial charge in [0.25, 0.3) is 0 Å². The molecule has 4 nitrogen and oxygen atoms in total. The molecule has 2 N–H and O–H groups in total. The average Bonchev–Trinajstić information content (AvgIpc) is 2.96. The van der Waals surface area contributed by atoms with E-state index in [1.165, 1.54) is 11.1 Å². The van der Waals surface area contributed by atoms with E-state index in [4.69, 9.17) is 12.2 Å². The van der Waals surface area contributed by atoms with Crippen molar-refractivity contribution in [3.05, 3.63) is 77.6 Å². The van der Waals surface area contributed by atoms with Crippen LogP contribution in [-0.2, 0) is 0 Å². The van der Waals surface area contributed by atoms with Crippen molar-refractivity contribution in [2.75, 3.05) is 6.54 Å². The highest BCUT2D eigenvalue weighted by Gasteiger charge is 2.09. The number of thiocarbonyl (C=S) groups is 1. The lowest BCUT2D eigenvalue weighted by Gasteiger charge is -2.11. The minimum absolute atomic E-state index is 0.527. The Morgan fingerprint density at radius 1 is 1.04 bits per heavy atom. The molecule has 0 fully saturated rings. The number of hydrogen-bond acceptors (Lipinski definition) is 2. The van der Waals surface area contributed by atoms with Crippen molar-refractivity contribution in [3.8, 4) is 16.8 Å². The Balaban J connectivity index is 1.82. The summed E-state index contributed by atoms with van der Waals surface area (Å²) in [6.45, 7) is 6.97. The molecule has 27 heavy (non-hydrogen) atoms. The maximum atomic E-state index is 5.12. The monoisotopic (exact) mass is 376 g/mol. The largest absolute Gasteiger partial charge is 0.362 e. The zero-order valence-corrected chi connectivity index (χ0v) is 16.7. The van der Waals surface area contributed by atoms with Crippen LogP contribution in [0.3, 0.4) is 0 Å². The zero-order chi connectivity index (χ0) is 19.2. The number of benzene rings is 2. The van der Waals surface area contributed by atoms with Gasteiger partial charge in [0.2, 0.25) is 0 Å². The highest BCUT2D eigenvalue weighted by atomic mass is 32.1. The van der Waals surface area contributed by atoms with E-state index >= 15 is 0 Å². The quantitative estimate of drug-likeness (QED) is 0.389. The maximum absolute atomic E-state index is 5.12. The summed E-state index contributed by atoms with van der Waals surface area (Å²) in [4.78, 5) is 0. The summed E-state index contributed by atoms with van der Waals surface area (Å²) in [7, 11) is 0. The average molecular weight is 377 g/mol. The molecule has 0 spiro atoms. The lowest BCUT2D eigenvalue weighted by molar-refractivity contribution is 0.903. The predicted molar refractivity (Wildman–Crippen MR) is 118 cm³/mol. The molecule has 0 aliphatic carbocycles. The SMILES string of the molecule is CCNC(=S)NN=Cc1cc(C)n(-c2ccc(-c3ccccc3)cc2)c1C. The van der Waals surface area contributed by atoms with Gasteiger partial charge in [-0.2, -0.15) is 5.10 Å². The van der Waals surface area contributed by atoms with Crippen LogP contribution >= 0.6 is 12.2 Å². The summed E-state index contributed by atoms with van der Waals surface area (Å²) in [5, 5.41) is 7.77. The molecule has 138 valence electrons. The van der Waals surface area contributed by atoms with Gasteiger partial charge in [-0.05, 0) is 62.3 Å². The molecule has 5 heteroatoms. The molecule has 0 amide bonds. The molecule has 1 heterocycles. The second-order valence-electron chi connectivity index (χ2n) is 6.30. The topological polar surface area (TPSA) is 41.4 Å². The first-order chi connectivity index (χ1) is 13.1. The molecule has 0 saturated carbocycles. The smallest absolute Gasteiger partial charge is 0.186 e. The van der Waals surface area contributed by atoms with Gasteiger partial charge in [0, 0.05) is 29.2 Å². The van der Waals surface area contributed by atoms with Gasteiger partial charge in [-0.25, -0.2) is 0 Å². The van der Waals surface area contributed by atoms with Crippen LogP contribution in [0.25, 0.3) is 16.8 Å². The van der Waals surface area contributed by atoms with Crippen molar-refractivity contribution >= 4 is 23.5 Å². The van der Waals surface area contributed by atoms with Gasteiger partial charge in [0.1, 0.15) is 0 Å². The first-order valence-corrected chi connectivity index (χ1v) is 9.42. The van der Waals surface area contributed by atoms with Crippen molar-refractivity contribution in [3.63, 3.8) is 0 Å². The van der Waals surface area contributed by atoms with E-state index in [1.54, 1.807) is 6.21 Å². The summed E-state index contributed by atoms with van der Waals surface area (Å²) in [6, 6.07) is 21.2. The second-order valence-corrected chi connectivity index (χ2v) is 6.71. The maximum Gasteiger partial charge on any atom is 0.186 e. The van der Waals surface area contributed by atoms with Gasteiger partial charge in [-0.15, -0.1) is 0 Å². The van der Waals surface area contributed by atoms with Crippen molar-refractivity contribution in [1.29, 1.82) is 0 Å². The van der Waals surface area contributed by atoms with Crippen LogP contribution in [0.4, 0.5) is 0 Å². The van der Waals surface area contributed by atoms with Crippen molar-refractivity contribution < 1.29 is 0 Å². The number of aryl methyl sites for hydroxylation is 1. The summed E-state index contributed by atoms with van der Waals surface area (Å²) >= 11 is 5.12. The van der Waals surface area contributed by atoms with Gasteiger partial charge in [0.15, 0.2) is 5.11 Å². The number of nitrogens with zero attached hydrogens (tertiary/aromatic N) is 2. The summed E-state index contributed by atoms with van der Waals surface area (Å²) < 4.78 is 2.23. The molecule has 3 rings (SSSR count). The van der Waals surface area contributed by atoms with Crippen LogP contribution in [0.5, 0.6) is 0 Å². The van der Waals surface area contributed by atoms with E-state index in [0.717, 1.165) is 29.2 Å². The van der Waals surface area contributed by atoms with Crippen molar-refractivity contribution in [2.24, 2.45) is 5.10 Å². The molecule has 0 bridgehead atoms. The Morgan fingerprint density at radius 2 is 1.70 bits per heavy atom. The molecule has 0 aliphatic heterocycles. The fourth-order valence-corrected chi connectivity index (χ4v) is 3.31. The third kappa shape index (κ3) is 4.44. The van der Waals surface area contributed by atoms with E-state index in [-0.39, 0.29) is 0 Å². The van der Waals surface area contributed by atoms with Gasteiger partial charge in [-0.3, -0.25) is 5.43 Å². The standard InChI is InChI=1S/C22H24N4S/c1-4-23-22(27)25-24-15-20-14-16(2)26(17(20)3)21-12-10-19(11-13-21)18-8-6-5-7-9-18/h5-15H,4H2,1-3H3,(H2,23,25,27). The molecule has 0 aliphatic rings. The van der Waals surface area contributed by atoms with Crippen LogP contribution < -0.4 is 10.7 Å². The van der Waals surface area contributed by atoms with Crippen molar-refractivity contribution in [2.45, 2.75) is 20.8 Å². The number of hydrogen-bond donors (Lipinski definition) is 2. The van der Waals surface area contributed by atoms with Crippen LogP contribution in [0, 0.1) is 13.8 Å². The third-order valence-electron chi connectivity index (χ3n) is 4.41. The van der Waals surface area contributed by atoms with Gasteiger partial charge in [0.05, 0.1) is 6.21 Å². The lowest BCUT2D eigenvalue weighted by Crippen LogP contribution is -2.31.